The van der Waals surface area contributed by atoms with Crippen LogP contribution in [0.4, 0.5) is 0 Å². The predicted octanol–water partition coefficient (Wildman–Crippen LogP) is 4.66. The van der Waals surface area contributed by atoms with Crippen molar-refractivity contribution >= 4 is 42.6 Å². The molecule has 2 rings (SSSR count). The van der Waals surface area contributed by atoms with Crippen LogP contribution in [0.1, 0.15) is 5.56 Å². The zero-order chi connectivity index (χ0) is 12.4. The normalized spacial score (nSPS) is 10.8. The SMILES string of the molecule is COCOc1ccc2c(Br)c(C)ccc2c1Br. The second-order valence-corrected chi connectivity index (χ2v) is 5.31. The first-order valence-electron chi connectivity index (χ1n) is 5.14. The molecule has 0 saturated carbocycles. The number of ether oxygens (including phenoxy) is 2. The predicted molar refractivity (Wildman–Crippen MR) is 76.6 cm³/mol. The molecule has 0 saturated heterocycles. The van der Waals surface area contributed by atoms with Crippen LogP contribution >= 0.6 is 31.9 Å². The number of benzene rings is 2. The Morgan fingerprint density at radius 3 is 2.35 bits per heavy atom. The monoisotopic (exact) mass is 358 g/mol. The molecule has 0 amide bonds. The number of halogens is 2. The summed E-state index contributed by atoms with van der Waals surface area (Å²) in [6.07, 6.45) is 0. The summed E-state index contributed by atoms with van der Waals surface area (Å²) in [6.45, 7) is 2.32. The Hall–Kier alpha value is -0.580. The van der Waals surface area contributed by atoms with Crippen molar-refractivity contribution in [3.05, 3.63) is 38.8 Å². The third-order valence-electron chi connectivity index (χ3n) is 2.56. The maximum Gasteiger partial charge on any atom is 0.188 e. The van der Waals surface area contributed by atoms with Gasteiger partial charge in [-0.15, -0.1) is 0 Å². The Morgan fingerprint density at radius 1 is 1.00 bits per heavy atom. The summed E-state index contributed by atoms with van der Waals surface area (Å²) in [5, 5.41) is 2.29. The van der Waals surface area contributed by atoms with E-state index in [4.69, 9.17) is 9.47 Å². The highest BCUT2D eigenvalue weighted by atomic mass is 79.9. The molecule has 2 aromatic rings. The van der Waals surface area contributed by atoms with E-state index in [1.54, 1.807) is 7.11 Å². The lowest BCUT2D eigenvalue weighted by molar-refractivity contribution is 0.0507. The van der Waals surface area contributed by atoms with E-state index in [1.807, 2.05) is 12.1 Å². The molecule has 2 nitrogen and oxygen atoms in total. The molecule has 0 unspecified atom stereocenters. The van der Waals surface area contributed by atoms with Gasteiger partial charge in [0.05, 0.1) is 4.47 Å². The molecule has 0 bridgehead atoms. The third-order valence-corrected chi connectivity index (χ3v) is 4.43. The van der Waals surface area contributed by atoms with Crippen LogP contribution in [0.3, 0.4) is 0 Å². The Balaban J connectivity index is 2.56. The van der Waals surface area contributed by atoms with Crippen LogP contribution in [0.5, 0.6) is 5.75 Å². The lowest BCUT2D eigenvalue weighted by atomic mass is 10.1. The van der Waals surface area contributed by atoms with Crippen LogP contribution in [0.15, 0.2) is 33.2 Å². The molecule has 0 heterocycles. The lowest BCUT2D eigenvalue weighted by Crippen LogP contribution is -1.99. The molecule has 0 radical (unpaired) electrons. The Bertz CT molecular complexity index is 553. The van der Waals surface area contributed by atoms with E-state index in [9.17, 15) is 0 Å². The fourth-order valence-electron chi connectivity index (χ4n) is 1.66. The van der Waals surface area contributed by atoms with E-state index in [0.29, 0.717) is 0 Å². The topological polar surface area (TPSA) is 18.5 Å². The largest absolute Gasteiger partial charge is 0.466 e. The van der Waals surface area contributed by atoms with E-state index in [1.165, 1.54) is 10.9 Å². The molecule has 17 heavy (non-hydrogen) atoms. The van der Waals surface area contributed by atoms with E-state index < -0.39 is 0 Å². The van der Waals surface area contributed by atoms with Crippen LogP contribution in [0.2, 0.25) is 0 Å². The summed E-state index contributed by atoms with van der Waals surface area (Å²) >= 11 is 7.18. The van der Waals surface area contributed by atoms with E-state index in [-0.39, 0.29) is 6.79 Å². The van der Waals surface area contributed by atoms with E-state index >= 15 is 0 Å². The molecule has 0 aromatic heterocycles. The second-order valence-electron chi connectivity index (χ2n) is 3.72. The number of rotatable bonds is 3. The molecule has 0 aliphatic carbocycles. The molecule has 4 heteroatoms. The van der Waals surface area contributed by atoms with Gasteiger partial charge in [0.25, 0.3) is 0 Å². The number of methoxy groups -OCH3 is 1. The van der Waals surface area contributed by atoms with Crippen LogP contribution in [-0.2, 0) is 4.74 Å². The summed E-state index contributed by atoms with van der Waals surface area (Å²) in [7, 11) is 1.61. The average molecular weight is 360 g/mol. The molecule has 0 N–H and O–H groups in total. The van der Waals surface area contributed by atoms with Gasteiger partial charge in [-0.3, -0.25) is 0 Å². The van der Waals surface area contributed by atoms with Gasteiger partial charge < -0.3 is 9.47 Å². The summed E-state index contributed by atoms with van der Waals surface area (Å²) in [5.41, 5.74) is 1.22. The highest BCUT2D eigenvalue weighted by molar-refractivity contribution is 9.11. The third kappa shape index (κ3) is 2.49. The highest BCUT2D eigenvalue weighted by Gasteiger charge is 2.09. The molecule has 0 aliphatic rings. The molecular formula is C13H12Br2O2. The molecule has 0 spiro atoms. The van der Waals surface area contributed by atoms with Gasteiger partial charge in [0, 0.05) is 17.0 Å². The van der Waals surface area contributed by atoms with Crippen LogP contribution in [0.25, 0.3) is 10.8 Å². The average Bonchev–Trinajstić information content (AvgIpc) is 2.33. The van der Waals surface area contributed by atoms with Crippen molar-refractivity contribution in [3.8, 4) is 5.75 Å². The van der Waals surface area contributed by atoms with Gasteiger partial charge >= 0.3 is 0 Å². The maximum atomic E-state index is 5.48. The summed E-state index contributed by atoms with van der Waals surface area (Å²) in [5.74, 6) is 0.787. The molecule has 0 fully saturated rings. The Kier molecular flexibility index (Phi) is 4.07. The van der Waals surface area contributed by atoms with Crippen molar-refractivity contribution in [1.29, 1.82) is 0 Å². The lowest BCUT2D eigenvalue weighted by Gasteiger charge is -2.11. The minimum Gasteiger partial charge on any atom is -0.466 e. The van der Waals surface area contributed by atoms with Crippen molar-refractivity contribution < 1.29 is 9.47 Å². The number of aryl methyl sites for hydroxylation is 1. The van der Waals surface area contributed by atoms with Gasteiger partial charge in [-0.05, 0) is 61.9 Å². The number of hydrogen-bond acceptors (Lipinski definition) is 2. The van der Waals surface area contributed by atoms with Gasteiger partial charge in [-0.1, -0.05) is 12.1 Å². The molecule has 90 valence electrons. The molecule has 2 aromatic carbocycles. The van der Waals surface area contributed by atoms with E-state index in [0.717, 1.165) is 20.1 Å². The molecule has 0 atom stereocenters. The molecular weight excluding hydrogens is 348 g/mol. The van der Waals surface area contributed by atoms with Gasteiger partial charge in [-0.2, -0.15) is 0 Å². The fourth-order valence-corrected chi connectivity index (χ4v) is 2.73. The van der Waals surface area contributed by atoms with Crippen molar-refractivity contribution in [2.24, 2.45) is 0 Å². The maximum absolute atomic E-state index is 5.48. The number of hydrogen-bond donors (Lipinski definition) is 0. The van der Waals surface area contributed by atoms with Crippen molar-refractivity contribution in [3.63, 3.8) is 0 Å². The summed E-state index contributed by atoms with van der Waals surface area (Å²) < 4.78 is 12.5. The molecule has 0 aliphatic heterocycles. The zero-order valence-corrected chi connectivity index (χ0v) is 12.8. The van der Waals surface area contributed by atoms with Gasteiger partial charge in [-0.25, -0.2) is 0 Å². The van der Waals surface area contributed by atoms with Crippen molar-refractivity contribution in [1.82, 2.24) is 0 Å². The van der Waals surface area contributed by atoms with Gasteiger partial charge in [0.15, 0.2) is 6.79 Å². The second kappa shape index (κ2) is 5.38. The summed E-state index contributed by atoms with van der Waals surface area (Å²) in [4.78, 5) is 0. The first kappa shape index (κ1) is 12.9. The standard InChI is InChI=1S/C13H12Br2O2/c1-8-3-4-10-9(12(8)14)5-6-11(13(10)15)17-7-16-2/h3-6H,7H2,1-2H3. The highest BCUT2D eigenvalue weighted by Crippen LogP contribution is 2.37. The fraction of sp³-hybridized carbons (Fsp3) is 0.231. The van der Waals surface area contributed by atoms with Crippen LogP contribution in [0, 0.1) is 6.92 Å². The Morgan fingerprint density at radius 2 is 1.65 bits per heavy atom. The smallest absolute Gasteiger partial charge is 0.188 e. The van der Waals surface area contributed by atoms with E-state index in [2.05, 4.69) is 50.9 Å². The summed E-state index contributed by atoms with van der Waals surface area (Å²) in [6, 6.07) is 8.15. The van der Waals surface area contributed by atoms with Gasteiger partial charge in [0.2, 0.25) is 0 Å². The van der Waals surface area contributed by atoms with Gasteiger partial charge in [0.1, 0.15) is 5.75 Å². The van der Waals surface area contributed by atoms with Crippen LogP contribution < -0.4 is 4.74 Å². The number of fused-ring (bicyclic) bond motifs is 1. The first-order valence-corrected chi connectivity index (χ1v) is 6.73. The van der Waals surface area contributed by atoms with Crippen molar-refractivity contribution in [2.45, 2.75) is 6.92 Å². The first-order chi connectivity index (χ1) is 8.15. The minimum absolute atomic E-state index is 0.247. The van der Waals surface area contributed by atoms with Crippen LogP contribution in [-0.4, -0.2) is 13.9 Å². The minimum atomic E-state index is 0.247. The van der Waals surface area contributed by atoms with Crippen molar-refractivity contribution in [2.75, 3.05) is 13.9 Å². The Labute approximate surface area is 117 Å². The zero-order valence-electron chi connectivity index (χ0n) is 9.59. The quantitative estimate of drug-likeness (QED) is 0.742.